The molecule has 136 valence electrons. The van der Waals surface area contributed by atoms with Gasteiger partial charge in [-0.2, -0.15) is 0 Å². The molecule has 1 heterocycles. The van der Waals surface area contributed by atoms with E-state index in [2.05, 4.69) is 5.32 Å². The highest BCUT2D eigenvalue weighted by atomic mass is 16.5. The number of nitrogens with one attached hydrogen (secondary N) is 1. The quantitative estimate of drug-likeness (QED) is 0.798. The Hall–Kier alpha value is -2.08. The molecule has 0 radical (unpaired) electrons. The molecule has 0 aromatic heterocycles. The van der Waals surface area contributed by atoms with Crippen molar-refractivity contribution in [3.8, 4) is 5.75 Å². The first-order valence-corrected chi connectivity index (χ1v) is 9.05. The van der Waals surface area contributed by atoms with Gasteiger partial charge in [0.15, 0.2) is 0 Å². The van der Waals surface area contributed by atoms with E-state index in [0.29, 0.717) is 39.1 Å². The fraction of sp³-hybridized carbons (Fsp3) is 0.579. The maximum absolute atomic E-state index is 12.5. The van der Waals surface area contributed by atoms with E-state index >= 15 is 0 Å². The third-order valence-electron chi connectivity index (χ3n) is 4.88. The lowest BCUT2D eigenvalue weighted by molar-refractivity contribution is -0.138. The van der Waals surface area contributed by atoms with Crippen molar-refractivity contribution in [3.63, 3.8) is 0 Å². The first-order chi connectivity index (χ1) is 12.2. The van der Waals surface area contributed by atoms with Crippen LogP contribution < -0.4 is 10.1 Å². The van der Waals surface area contributed by atoms with Crippen LogP contribution in [0.1, 0.15) is 18.4 Å². The van der Waals surface area contributed by atoms with E-state index < -0.39 is 0 Å². The third-order valence-corrected chi connectivity index (χ3v) is 4.88. The predicted molar refractivity (Wildman–Crippen MR) is 95.5 cm³/mol. The zero-order valence-corrected chi connectivity index (χ0v) is 14.9. The lowest BCUT2D eigenvalue weighted by atomic mass is 10.1. The van der Waals surface area contributed by atoms with Crippen LogP contribution in [0.5, 0.6) is 5.75 Å². The summed E-state index contributed by atoms with van der Waals surface area (Å²) in [6, 6.07) is 7.59. The minimum atomic E-state index is 0.104. The van der Waals surface area contributed by atoms with Crippen molar-refractivity contribution in [1.29, 1.82) is 0 Å². The predicted octanol–water partition coefficient (Wildman–Crippen LogP) is 0.908. The highest BCUT2D eigenvalue weighted by Gasteiger charge is 2.25. The van der Waals surface area contributed by atoms with Gasteiger partial charge in [-0.3, -0.25) is 9.59 Å². The van der Waals surface area contributed by atoms with Crippen LogP contribution in [-0.4, -0.2) is 68.0 Å². The molecule has 0 spiro atoms. The summed E-state index contributed by atoms with van der Waals surface area (Å²) in [5, 5.41) is 3.24. The molecular formula is C19H27N3O3. The molecular weight excluding hydrogens is 318 g/mol. The van der Waals surface area contributed by atoms with Gasteiger partial charge in [0.2, 0.25) is 11.8 Å². The van der Waals surface area contributed by atoms with Gasteiger partial charge in [-0.25, -0.2) is 0 Å². The Kier molecular flexibility index (Phi) is 5.91. The number of hydrogen-bond donors (Lipinski definition) is 1. The lowest BCUT2D eigenvalue weighted by Gasteiger charge is -2.35. The van der Waals surface area contributed by atoms with Gasteiger partial charge in [0.05, 0.1) is 20.1 Å². The SMILES string of the molecule is COc1cccc(CC(=O)N2CCN(C(=O)CNCC3CC3)CC2)c1. The van der Waals surface area contributed by atoms with Crippen molar-refractivity contribution in [2.45, 2.75) is 19.3 Å². The van der Waals surface area contributed by atoms with E-state index in [4.69, 9.17) is 4.74 Å². The fourth-order valence-corrected chi connectivity index (χ4v) is 3.09. The summed E-state index contributed by atoms with van der Waals surface area (Å²) in [4.78, 5) is 28.4. The smallest absolute Gasteiger partial charge is 0.236 e. The molecule has 1 aromatic rings. The van der Waals surface area contributed by atoms with Crippen molar-refractivity contribution < 1.29 is 14.3 Å². The molecule has 1 saturated heterocycles. The van der Waals surface area contributed by atoms with Crippen molar-refractivity contribution >= 4 is 11.8 Å². The van der Waals surface area contributed by atoms with Crippen LogP contribution in [0.3, 0.4) is 0 Å². The molecule has 2 fully saturated rings. The van der Waals surface area contributed by atoms with Crippen LogP contribution >= 0.6 is 0 Å². The van der Waals surface area contributed by atoms with Crippen LogP contribution in [0.25, 0.3) is 0 Å². The number of hydrogen-bond acceptors (Lipinski definition) is 4. The number of amides is 2. The van der Waals surface area contributed by atoms with Crippen LogP contribution in [-0.2, 0) is 16.0 Å². The Morgan fingerprint density at radius 1 is 1.12 bits per heavy atom. The molecule has 25 heavy (non-hydrogen) atoms. The van der Waals surface area contributed by atoms with Gasteiger partial charge in [-0.05, 0) is 43.0 Å². The molecule has 1 saturated carbocycles. The van der Waals surface area contributed by atoms with Gasteiger partial charge in [0.25, 0.3) is 0 Å². The normalized spacial score (nSPS) is 17.5. The van der Waals surface area contributed by atoms with Crippen LogP contribution in [0.4, 0.5) is 0 Å². The molecule has 3 rings (SSSR count). The molecule has 1 aliphatic carbocycles. The highest BCUT2D eigenvalue weighted by Crippen LogP contribution is 2.27. The molecule has 2 aliphatic rings. The zero-order valence-electron chi connectivity index (χ0n) is 14.9. The summed E-state index contributed by atoms with van der Waals surface area (Å²) in [5.41, 5.74) is 0.951. The highest BCUT2D eigenvalue weighted by molar-refractivity contribution is 5.80. The summed E-state index contributed by atoms with van der Waals surface area (Å²) < 4.78 is 5.20. The van der Waals surface area contributed by atoms with E-state index in [1.165, 1.54) is 12.8 Å². The van der Waals surface area contributed by atoms with Gasteiger partial charge in [0, 0.05) is 26.2 Å². The number of methoxy groups -OCH3 is 1. The largest absolute Gasteiger partial charge is 0.497 e. The second-order valence-electron chi connectivity index (χ2n) is 6.86. The van der Waals surface area contributed by atoms with Crippen molar-refractivity contribution in [1.82, 2.24) is 15.1 Å². The first kappa shape index (κ1) is 17.7. The summed E-state index contributed by atoms with van der Waals surface area (Å²) in [6.45, 7) is 3.81. The van der Waals surface area contributed by atoms with Gasteiger partial charge < -0.3 is 19.9 Å². The number of benzene rings is 1. The number of carbonyl (C=O) groups excluding carboxylic acids is 2. The van der Waals surface area contributed by atoms with Crippen LogP contribution in [0.15, 0.2) is 24.3 Å². The third kappa shape index (κ3) is 5.19. The average molecular weight is 345 g/mol. The van der Waals surface area contributed by atoms with E-state index in [1.54, 1.807) is 7.11 Å². The number of ether oxygens (including phenoxy) is 1. The first-order valence-electron chi connectivity index (χ1n) is 9.05. The second kappa shape index (κ2) is 8.34. The number of piperazine rings is 1. The minimum absolute atomic E-state index is 0.104. The van der Waals surface area contributed by atoms with Crippen LogP contribution in [0.2, 0.25) is 0 Å². The topological polar surface area (TPSA) is 61.9 Å². The Balaban J connectivity index is 1.41. The maximum Gasteiger partial charge on any atom is 0.236 e. The van der Waals surface area contributed by atoms with Gasteiger partial charge in [0.1, 0.15) is 5.75 Å². The molecule has 0 bridgehead atoms. The molecule has 1 aliphatic heterocycles. The molecule has 1 N–H and O–H groups in total. The Morgan fingerprint density at radius 3 is 2.44 bits per heavy atom. The monoisotopic (exact) mass is 345 g/mol. The molecule has 6 heteroatoms. The molecule has 0 unspecified atom stereocenters. The van der Waals surface area contributed by atoms with E-state index in [1.807, 2.05) is 34.1 Å². The van der Waals surface area contributed by atoms with Crippen molar-refractivity contribution in [3.05, 3.63) is 29.8 Å². The number of rotatable bonds is 7. The summed E-state index contributed by atoms with van der Waals surface area (Å²) in [7, 11) is 1.62. The molecule has 0 atom stereocenters. The Bertz CT molecular complexity index is 608. The van der Waals surface area contributed by atoms with Crippen LogP contribution in [0, 0.1) is 5.92 Å². The fourth-order valence-electron chi connectivity index (χ4n) is 3.09. The Labute approximate surface area is 149 Å². The Morgan fingerprint density at radius 2 is 1.80 bits per heavy atom. The minimum Gasteiger partial charge on any atom is -0.497 e. The molecule has 6 nitrogen and oxygen atoms in total. The van der Waals surface area contributed by atoms with Crippen molar-refractivity contribution in [2.24, 2.45) is 5.92 Å². The molecule has 1 aromatic carbocycles. The van der Waals surface area contributed by atoms with Gasteiger partial charge in [-0.15, -0.1) is 0 Å². The van der Waals surface area contributed by atoms with Gasteiger partial charge in [-0.1, -0.05) is 12.1 Å². The van der Waals surface area contributed by atoms with E-state index in [9.17, 15) is 9.59 Å². The zero-order chi connectivity index (χ0) is 17.6. The average Bonchev–Trinajstić information content (AvgIpc) is 3.46. The van der Waals surface area contributed by atoms with Crippen molar-refractivity contribution in [2.75, 3.05) is 46.4 Å². The van der Waals surface area contributed by atoms with E-state index in [0.717, 1.165) is 23.8 Å². The maximum atomic E-state index is 12.5. The van der Waals surface area contributed by atoms with Gasteiger partial charge >= 0.3 is 0 Å². The van der Waals surface area contributed by atoms with E-state index in [-0.39, 0.29) is 11.8 Å². The number of carbonyl (C=O) groups is 2. The molecule has 2 amide bonds. The summed E-state index contributed by atoms with van der Waals surface area (Å²) in [5.74, 6) is 1.78. The summed E-state index contributed by atoms with van der Waals surface area (Å²) >= 11 is 0. The standard InChI is InChI=1S/C19H27N3O3/c1-25-17-4-2-3-16(11-17)12-18(23)21-7-9-22(10-8-21)19(24)14-20-13-15-5-6-15/h2-4,11,15,20H,5-10,12-14H2,1H3. The lowest BCUT2D eigenvalue weighted by Crippen LogP contribution is -2.52. The second-order valence-corrected chi connectivity index (χ2v) is 6.86. The number of nitrogens with zero attached hydrogens (tertiary/aromatic N) is 2. The summed E-state index contributed by atoms with van der Waals surface area (Å²) in [6.07, 6.45) is 2.94.